The lowest BCUT2D eigenvalue weighted by molar-refractivity contribution is -0.131. The first-order valence-corrected chi connectivity index (χ1v) is 11.4. The van der Waals surface area contributed by atoms with E-state index in [-0.39, 0.29) is 17.2 Å². The molecule has 0 radical (unpaired) electrons. The molecule has 0 saturated heterocycles. The highest BCUT2D eigenvalue weighted by molar-refractivity contribution is 7.93. The van der Waals surface area contributed by atoms with Gasteiger partial charge in [0.2, 0.25) is 5.91 Å². The van der Waals surface area contributed by atoms with Gasteiger partial charge >= 0.3 is 5.97 Å². The van der Waals surface area contributed by atoms with Gasteiger partial charge in [-0.3, -0.25) is 4.79 Å². The van der Waals surface area contributed by atoms with Gasteiger partial charge in [-0.1, -0.05) is 6.07 Å². The Morgan fingerprint density at radius 1 is 0.912 bits per heavy atom. The van der Waals surface area contributed by atoms with Crippen molar-refractivity contribution in [2.75, 3.05) is 33.8 Å². The molecule has 0 aliphatic heterocycles. The number of nitrogens with one attached hydrogen (secondary N) is 1. The van der Waals surface area contributed by atoms with Crippen molar-refractivity contribution in [3.05, 3.63) is 59.0 Å². The number of ether oxygens (including phenoxy) is 4. The van der Waals surface area contributed by atoms with Gasteiger partial charge < -0.3 is 29.4 Å². The molecule has 0 saturated carbocycles. The van der Waals surface area contributed by atoms with Gasteiger partial charge in [-0.15, -0.1) is 0 Å². The zero-order valence-electron chi connectivity index (χ0n) is 19.0. The third-order valence-electron chi connectivity index (χ3n) is 4.46. The summed E-state index contributed by atoms with van der Waals surface area (Å²) in [5, 5.41) is 12.1. The van der Waals surface area contributed by atoms with E-state index in [0.717, 1.165) is 11.5 Å². The second-order valence-corrected chi connectivity index (χ2v) is 8.64. The third kappa shape index (κ3) is 7.27. The molecule has 0 aliphatic rings. The molecule has 0 unspecified atom stereocenters. The van der Waals surface area contributed by atoms with Gasteiger partial charge in [-0.25, -0.2) is 13.2 Å². The van der Waals surface area contributed by atoms with Gasteiger partial charge in [0, 0.05) is 29.7 Å². The fraction of sp³-hybridized carbons (Fsp3) is 0.217. The number of hydrogen-bond acceptors (Lipinski definition) is 8. The van der Waals surface area contributed by atoms with Crippen LogP contribution < -0.4 is 24.3 Å². The third-order valence-corrected chi connectivity index (χ3v) is 5.75. The number of carboxylic acids is 1. The minimum atomic E-state index is -3.75. The molecule has 2 aromatic carbocycles. The van der Waals surface area contributed by atoms with Gasteiger partial charge in [0.15, 0.2) is 9.84 Å². The van der Waals surface area contributed by atoms with E-state index in [9.17, 15) is 18.0 Å². The lowest BCUT2D eigenvalue weighted by atomic mass is 10.1. The molecule has 0 aliphatic carbocycles. The Balaban J connectivity index is 2.31. The molecular weight excluding hydrogens is 466 g/mol. The summed E-state index contributed by atoms with van der Waals surface area (Å²) >= 11 is 0. The maximum Gasteiger partial charge on any atom is 0.328 e. The van der Waals surface area contributed by atoms with Crippen LogP contribution in [0.5, 0.6) is 23.0 Å². The van der Waals surface area contributed by atoms with Gasteiger partial charge in [0.1, 0.15) is 23.0 Å². The number of anilines is 1. The Hall–Kier alpha value is -3.99. The molecule has 1 amide bonds. The van der Waals surface area contributed by atoms with E-state index in [2.05, 4.69) is 5.32 Å². The maximum absolute atomic E-state index is 12.8. The Morgan fingerprint density at radius 3 is 2.06 bits per heavy atom. The van der Waals surface area contributed by atoms with Crippen molar-refractivity contribution < 1.29 is 42.1 Å². The Bertz CT molecular complexity index is 1190. The summed E-state index contributed by atoms with van der Waals surface area (Å²) in [6.07, 6.45) is 2.89. The highest BCUT2D eigenvalue weighted by Crippen LogP contribution is 2.35. The summed E-state index contributed by atoms with van der Waals surface area (Å²) in [5.41, 5.74) is 0.983. The van der Waals surface area contributed by atoms with Crippen molar-refractivity contribution in [1.29, 1.82) is 0 Å². The molecule has 0 bridgehead atoms. The van der Waals surface area contributed by atoms with E-state index in [0.29, 0.717) is 34.5 Å². The standard InChI is InChI=1S/C23H25NO9S/c1-30-16-12-20(32-3)17(21(13-16)33-4)9-10-34(28,29)14-15-5-6-19(31-2)18(11-15)24-22(25)7-8-23(26)27/h5-13H,14H2,1-4H3,(H,24,25)(H,26,27)/b8-7-,10-9+. The van der Waals surface area contributed by atoms with E-state index >= 15 is 0 Å². The fourth-order valence-electron chi connectivity index (χ4n) is 2.91. The molecule has 0 fully saturated rings. The van der Waals surface area contributed by atoms with E-state index in [1.165, 1.54) is 46.6 Å². The van der Waals surface area contributed by atoms with Crippen molar-refractivity contribution in [1.82, 2.24) is 0 Å². The molecule has 0 aromatic heterocycles. The lowest BCUT2D eigenvalue weighted by Crippen LogP contribution is -2.10. The SMILES string of the molecule is COc1cc(OC)c(/C=C/S(=O)(=O)Cc2ccc(OC)c(NC(=O)/C=C\C(=O)O)c2)c(OC)c1. The molecule has 0 atom stereocenters. The van der Waals surface area contributed by atoms with E-state index in [1.807, 2.05) is 0 Å². The zero-order valence-corrected chi connectivity index (χ0v) is 19.8. The number of methoxy groups -OCH3 is 4. The highest BCUT2D eigenvalue weighted by atomic mass is 32.2. The van der Waals surface area contributed by atoms with Crippen molar-refractivity contribution >= 4 is 33.5 Å². The maximum atomic E-state index is 12.8. The van der Waals surface area contributed by atoms with Crippen LogP contribution in [-0.4, -0.2) is 53.8 Å². The summed E-state index contributed by atoms with van der Waals surface area (Å²) < 4.78 is 46.6. The van der Waals surface area contributed by atoms with Crippen LogP contribution in [0.2, 0.25) is 0 Å². The van der Waals surface area contributed by atoms with Crippen LogP contribution >= 0.6 is 0 Å². The summed E-state index contributed by atoms with van der Waals surface area (Å²) in [6.45, 7) is 0. The summed E-state index contributed by atoms with van der Waals surface area (Å²) in [6, 6.07) is 7.69. The molecular formula is C23H25NO9S. The zero-order chi connectivity index (χ0) is 25.3. The lowest BCUT2D eigenvalue weighted by Gasteiger charge is -2.13. The van der Waals surface area contributed by atoms with Crippen LogP contribution in [0.25, 0.3) is 6.08 Å². The quantitative estimate of drug-likeness (QED) is 0.454. The number of rotatable bonds is 11. The van der Waals surface area contributed by atoms with Gasteiger partial charge in [-0.05, 0) is 23.8 Å². The van der Waals surface area contributed by atoms with E-state index in [4.69, 9.17) is 24.1 Å². The second kappa shape index (κ2) is 11.8. The molecule has 182 valence electrons. The summed E-state index contributed by atoms with van der Waals surface area (Å²) in [4.78, 5) is 22.5. The predicted octanol–water partition coefficient (Wildman–Crippen LogP) is 2.89. The molecule has 2 rings (SSSR count). The molecule has 34 heavy (non-hydrogen) atoms. The number of aliphatic carboxylic acids is 1. The van der Waals surface area contributed by atoms with Crippen LogP contribution in [0, 0.1) is 0 Å². The first-order chi connectivity index (χ1) is 16.1. The number of sulfone groups is 1. The second-order valence-electron chi connectivity index (χ2n) is 6.75. The van der Waals surface area contributed by atoms with Crippen LogP contribution in [0.3, 0.4) is 0 Å². The monoisotopic (exact) mass is 491 g/mol. The fourth-order valence-corrected chi connectivity index (χ4v) is 4.00. The molecule has 2 aromatic rings. The molecule has 10 nitrogen and oxygen atoms in total. The van der Waals surface area contributed by atoms with Gasteiger partial charge in [0.05, 0.1) is 45.4 Å². The summed E-state index contributed by atoms with van der Waals surface area (Å²) in [7, 11) is 2.00. The number of carbonyl (C=O) groups is 2. The molecule has 0 spiro atoms. The Labute approximate surface area is 197 Å². The topological polar surface area (TPSA) is 137 Å². The number of benzene rings is 2. The average molecular weight is 492 g/mol. The average Bonchev–Trinajstić information content (AvgIpc) is 2.80. The van der Waals surface area contributed by atoms with E-state index < -0.39 is 21.7 Å². The van der Waals surface area contributed by atoms with Crippen LogP contribution in [0.4, 0.5) is 5.69 Å². The molecule has 11 heteroatoms. The number of carbonyl (C=O) groups excluding carboxylic acids is 1. The molecule has 0 heterocycles. The predicted molar refractivity (Wildman–Crippen MR) is 126 cm³/mol. The number of carboxylic acid groups (broad SMARTS) is 1. The normalized spacial score (nSPS) is 11.4. The smallest absolute Gasteiger partial charge is 0.328 e. The van der Waals surface area contributed by atoms with Crippen molar-refractivity contribution in [3.8, 4) is 23.0 Å². The minimum absolute atomic E-state index is 0.192. The molecule has 2 N–H and O–H groups in total. The largest absolute Gasteiger partial charge is 0.496 e. The van der Waals surface area contributed by atoms with Crippen molar-refractivity contribution in [2.45, 2.75) is 5.75 Å². The van der Waals surface area contributed by atoms with Crippen LogP contribution in [0.15, 0.2) is 47.9 Å². The van der Waals surface area contributed by atoms with E-state index in [1.54, 1.807) is 18.2 Å². The van der Waals surface area contributed by atoms with Gasteiger partial charge in [-0.2, -0.15) is 0 Å². The number of hydrogen-bond donors (Lipinski definition) is 2. The minimum Gasteiger partial charge on any atom is -0.496 e. The summed E-state index contributed by atoms with van der Waals surface area (Å²) in [5.74, 6) is -0.861. The van der Waals surface area contributed by atoms with Crippen molar-refractivity contribution in [2.24, 2.45) is 0 Å². The first kappa shape index (κ1) is 26.3. The van der Waals surface area contributed by atoms with Crippen LogP contribution in [-0.2, 0) is 25.2 Å². The Kier molecular flexibility index (Phi) is 9.08. The highest BCUT2D eigenvalue weighted by Gasteiger charge is 2.15. The van der Waals surface area contributed by atoms with Gasteiger partial charge in [0.25, 0.3) is 0 Å². The Morgan fingerprint density at radius 2 is 1.53 bits per heavy atom. The first-order valence-electron chi connectivity index (χ1n) is 9.72. The van der Waals surface area contributed by atoms with Crippen LogP contribution in [0.1, 0.15) is 11.1 Å². The number of amides is 1. The van der Waals surface area contributed by atoms with Crippen molar-refractivity contribution in [3.63, 3.8) is 0 Å².